The zero-order chi connectivity index (χ0) is 24.9. The number of hydrazone groups is 1. The standard InChI is InChI=1S/C29H32N4O2/c1-5-32(6-2)25-17-11-22(12-18-25)19-33-27(23-13-7-20(3)8-14-23)26(29(35)31-33)30-28(34)24-15-9-21(4)10-16-24/h7-19,26-27H,5-6H2,1-4H3,(H-,30,31,34,35)/p+1/t26-,27-/m0/s1. The summed E-state index contributed by atoms with van der Waals surface area (Å²) in [6.45, 7) is 10.2. The number of hydrogen-bond donors (Lipinski definition) is 2. The van der Waals surface area contributed by atoms with Crippen LogP contribution >= 0.6 is 0 Å². The molecular weight excluding hydrogens is 436 g/mol. The van der Waals surface area contributed by atoms with E-state index in [4.69, 9.17) is 0 Å². The number of carbonyl (C=O) groups is 2. The van der Waals surface area contributed by atoms with Gasteiger partial charge in [-0.15, -0.1) is 10.1 Å². The van der Waals surface area contributed by atoms with Crippen molar-refractivity contribution in [2.45, 2.75) is 39.8 Å². The van der Waals surface area contributed by atoms with Gasteiger partial charge in [0.15, 0.2) is 6.04 Å². The van der Waals surface area contributed by atoms with Gasteiger partial charge in [-0.1, -0.05) is 47.5 Å². The number of rotatable bonds is 7. The molecule has 2 amide bonds. The summed E-state index contributed by atoms with van der Waals surface area (Å²) >= 11 is 0. The monoisotopic (exact) mass is 469 g/mol. The van der Waals surface area contributed by atoms with E-state index in [1.165, 1.54) is 0 Å². The number of carbonyl (C=O) groups excluding carboxylic acids is 2. The third-order valence-electron chi connectivity index (χ3n) is 6.47. The zero-order valence-electron chi connectivity index (χ0n) is 20.8. The molecule has 0 aromatic heterocycles. The lowest BCUT2D eigenvalue weighted by Gasteiger charge is -2.20. The van der Waals surface area contributed by atoms with E-state index in [0.29, 0.717) is 5.56 Å². The number of nitrogens with one attached hydrogen (secondary N) is 2. The van der Waals surface area contributed by atoms with Crippen LogP contribution in [0.4, 0.5) is 5.69 Å². The van der Waals surface area contributed by atoms with Crippen molar-refractivity contribution < 1.29 is 14.3 Å². The van der Waals surface area contributed by atoms with E-state index in [1.54, 1.807) is 16.8 Å². The Hall–Kier alpha value is -3.93. The predicted octanol–water partition coefficient (Wildman–Crippen LogP) is 4.17. The first-order valence-corrected chi connectivity index (χ1v) is 12.1. The van der Waals surface area contributed by atoms with Crippen LogP contribution in [-0.4, -0.2) is 41.8 Å². The highest BCUT2D eigenvalue weighted by molar-refractivity contribution is 5.98. The van der Waals surface area contributed by atoms with E-state index >= 15 is 0 Å². The van der Waals surface area contributed by atoms with Gasteiger partial charge in [0, 0.05) is 35.5 Å². The van der Waals surface area contributed by atoms with E-state index < -0.39 is 6.04 Å². The quantitative estimate of drug-likeness (QED) is 0.511. The number of amides is 2. The van der Waals surface area contributed by atoms with E-state index in [1.807, 2.05) is 68.6 Å². The number of benzene rings is 3. The van der Waals surface area contributed by atoms with Crippen LogP contribution < -0.4 is 15.6 Å². The molecule has 2 atom stereocenters. The van der Waals surface area contributed by atoms with Gasteiger partial charge in [-0.2, -0.15) is 0 Å². The minimum Gasteiger partial charge on any atom is -0.372 e. The maximum Gasteiger partial charge on any atom is 0.304 e. The Balaban J connectivity index is 1.66. The molecule has 0 bridgehead atoms. The Morgan fingerprint density at radius 3 is 2.06 bits per heavy atom. The van der Waals surface area contributed by atoms with Gasteiger partial charge in [-0.05, 0) is 64.1 Å². The number of hydrogen-bond acceptors (Lipinski definition) is 3. The fourth-order valence-electron chi connectivity index (χ4n) is 4.39. The summed E-state index contributed by atoms with van der Waals surface area (Å²) < 4.78 is 1.81. The number of hydrazine groups is 1. The number of nitrogens with zero attached hydrogens (tertiary/aromatic N) is 2. The minimum absolute atomic E-state index is 0.243. The topological polar surface area (TPSA) is 64.5 Å². The van der Waals surface area contributed by atoms with Crippen molar-refractivity contribution in [3.63, 3.8) is 0 Å². The second-order valence-electron chi connectivity index (χ2n) is 8.95. The Kier molecular flexibility index (Phi) is 7.30. The molecule has 6 nitrogen and oxygen atoms in total. The largest absolute Gasteiger partial charge is 0.372 e. The third kappa shape index (κ3) is 5.43. The molecule has 35 heavy (non-hydrogen) atoms. The second-order valence-corrected chi connectivity index (χ2v) is 8.95. The SMILES string of the molecule is CCN(CC)c1ccc(/C=[N+]2\NC(=O)[C@@H](NC(=O)c3ccc(C)cc3)[C@@H]2c2ccc(C)cc2)cc1. The van der Waals surface area contributed by atoms with Crippen LogP contribution in [0.3, 0.4) is 0 Å². The summed E-state index contributed by atoms with van der Waals surface area (Å²) in [5, 5.41) is 2.96. The molecule has 0 saturated carbocycles. The predicted molar refractivity (Wildman–Crippen MR) is 140 cm³/mol. The van der Waals surface area contributed by atoms with Crippen LogP contribution in [0.5, 0.6) is 0 Å². The van der Waals surface area contributed by atoms with Crippen molar-refractivity contribution in [1.29, 1.82) is 0 Å². The van der Waals surface area contributed by atoms with E-state index in [2.05, 4.69) is 41.6 Å². The first-order valence-electron chi connectivity index (χ1n) is 12.1. The van der Waals surface area contributed by atoms with Gasteiger partial charge >= 0.3 is 5.91 Å². The fourth-order valence-corrected chi connectivity index (χ4v) is 4.39. The summed E-state index contributed by atoms with van der Waals surface area (Å²) in [5.41, 5.74) is 8.76. The van der Waals surface area contributed by atoms with Crippen molar-refractivity contribution in [1.82, 2.24) is 10.7 Å². The number of anilines is 1. The molecule has 2 N–H and O–H groups in total. The van der Waals surface area contributed by atoms with Gasteiger partial charge < -0.3 is 10.2 Å². The minimum atomic E-state index is -0.738. The first-order chi connectivity index (χ1) is 16.9. The fraction of sp³-hybridized carbons (Fsp3) is 0.276. The van der Waals surface area contributed by atoms with Crippen molar-refractivity contribution >= 4 is 23.7 Å². The molecule has 1 aliphatic heterocycles. The van der Waals surface area contributed by atoms with Crippen molar-refractivity contribution in [2.24, 2.45) is 0 Å². The van der Waals surface area contributed by atoms with Gasteiger partial charge in [0.25, 0.3) is 5.91 Å². The van der Waals surface area contributed by atoms with Crippen LogP contribution in [-0.2, 0) is 4.79 Å². The molecule has 3 aromatic rings. The van der Waals surface area contributed by atoms with Gasteiger partial charge in [0.2, 0.25) is 12.3 Å². The van der Waals surface area contributed by atoms with E-state index in [9.17, 15) is 9.59 Å². The van der Waals surface area contributed by atoms with Crippen LogP contribution in [0.25, 0.3) is 0 Å². The Morgan fingerprint density at radius 2 is 1.49 bits per heavy atom. The summed E-state index contributed by atoms with van der Waals surface area (Å²) in [7, 11) is 0. The van der Waals surface area contributed by atoms with E-state index in [-0.39, 0.29) is 17.9 Å². The van der Waals surface area contributed by atoms with Gasteiger partial charge in [0.05, 0.1) is 0 Å². The van der Waals surface area contributed by atoms with Crippen LogP contribution in [0.1, 0.15) is 52.5 Å². The average Bonchev–Trinajstić information content (AvgIpc) is 3.16. The molecule has 0 spiro atoms. The molecule has 0 aliphatic carbocycles. The van der Waals surface area contributed by atoms with Crippen LogP contribution in [0.15, 0.2) is 72.8 Å². The average molecular weight is 470 g/mol. The molecule has 1 heterocycles. The van der Waals surface area contributed by atoms with Crippen molar-refractivity contribution in [3.05, 3.63) is 101 Å². The summed E-state index contributed by atoms with van der Waals surface area (Å²) in [6.07, 6.45) is 1.92. The van der Waals surface area contributed by atoms with E-state index in [0.717, 1.165) is 41.0 Å². The summed E-state index contributed by atoms with van der Waals surface area (Å²) in [6, 6.07) is 22.5. The lowest BCUT2D eigenvalue weighted by atomic mass is 9.98. The molecule has 4 rings (SSSR count). The molecule has 6 heteroatoms. The summed E-state index contributed by atoms with van der Waals surface area (Å²) in [4.78, 5) is 28.3. The molecule has 1 fully saturated rings. The van der Waals surface area contributed by atoms with Crippen molar-refractivity contribution in [2.75, 3.05) is 18.0 Å². The molecule has 0 radical (unpaired) electrons. The molecule has 1 saturated heterocycles. The van der Waals surface area contributed by atoms with Crippen molar-refractivity contribution in [3.8, 4) is 0 Å². The summed E-state index contributed by atoms with van der Waals surface area (Å²) in [5.74, 6) is -0.514. The highest BCUT2D eigenvalue weighted by atomic mass is 16.2. The van der Waals surface area contributed by atoms with Crippen LogP contribution in [0, 0.1) is 13.8 Å². The Morgan fingerprint density at radius 1 is 0.914 bits per heavy atom. The van der Waals surface area contributed by atoms with Gasteiger partial charge in [0.1, 0.15) is 0 Å². The molecule has 0 unspecified atom stereocenters. The molecular formula is C29H33N4O2+. The Bertz CT molecular complexity index is 1210. The van der Waals surface area contributed by atoms with Gasteiger partial charge in [-0.25, -0.2) is 0 Å². The van der Waals surface area contributed by atoms with Gasteiger partial charge in [-0.3, -0.25) is 9.59 Å². The Labute approximate surface area is 207 Å². The molecule has 1 aliphatic rings. The lowest BCUT2D eigenvalue weighted by molar-refractivity contribution is -0.596. The highest BCUT2D eigenvalue weighted by Gasteiger charge is 2.47. The maximum absolute atomic E-state index is 13.1. The third-order valence-corrected chi connectivity index (χ3v) is 6.47. The maximum atomic E-state index is 13.1. The zero-order valence-corrected chi connectivity index (χ0v) is 20.8. The van der Waals surface area contributed by atoms with Crippen LogP contribution in [0.2, 0.25) is 0 Å². The normalized spacial score (nSPS) is 18.4. The smallest absolute Gasteiger partial charge is 0.304 e. The number of aryl methyl sites for hydroxylation is 2. The second kappa shape index (κ2) is 10.6. The first kappa shape index (κ1) is 24.2. The highest BCUT2D eigenvalue weighted by Crippen LogP contribution is 2.26. The lowest BCUT2D eigenvalue weighted by Crippen LogP contribution is -2.42. The molecule has 3 aromatic carbocycles. The molecule has 180 valence electrons.